The molecule has 0 atom stereocenters. The second-order valence-corrected chi connectivity index (χ2v) is 4.04. The van der Waals surface area contributed by atoms with Crippen LogP contribution in [0.3, 0.4) is 0 Å². The number of nitrogens with zero attached hydrogens (tertiary/aromatic N) is 1. The number of nitro benzene ring substituents is 1. The predicted octanol–water partition coefficient (Wildman–Crippen LogP) is 3.76. The van der Waals surface area contributed by atoms with Crippen LogP contribution in [0.5, 0.6) is 0 Å². The maximum Gasteiger partial charge on any atom is 0.417 e. The highest BCUT2D eigenvalue weighted by atomic mass is 79.9. The minimum Gasteiger partial charge on any atom is -0.275 e. The topological polar surface area (TPSA) is 60.2 Å². The van der Waals surface area contributed by atoms with Crippen molar-refractivity contribution in [3.05, 3.63) is 37.8 Å². The summed E-state index contributed by atoms with van der Waals surface area (Å²) in [5.74, 6) is 0. The largest absolute Gasteiger partial charge is 0.417 e. The fourth-order valence-electron chi connectivity index (χ4n) is 1.18. The van der Waals surface area contributed by atoms with E-state index >= 15 is 0 Å². The third-order valence-corrected chi connectivity index (χ3v) is 2.64. The molecule has 4 nitrogen and oxygen atoms in total. The number of alkyl halides is 3. The van der Waals surface area contributed by atoms with Crippen molar-refractivity contribution in [2.75, 3.05) is 0 Å². The molecule has 0 aliphatic carbocycles. The number of carbonyl (C=O) groups is 1. The first-order chi connectivity index (χ1) is 7.66. The molecule has 0 radical (unpaired) electrons. The second-order valence-electron chi connectivity index (χ2n) is 2.85. The Morgan fingerprint density at radius 2 is 1.94 bits per heavy atom. The lowest BCUT2D eigenvalue weighted by molar-refractivity contribution is -0.386. The highest BCUT2D eigenvalue weighted by molar-refractivity contribution is 9.10. The molecule has 9 heteroatoms. The summed E-state index contributed by atoms with van der Waals surface area (Å²) in [6.07, 6.45) is -4.90. The van der Waals surface area contributed by atoms with E-state index in [2.05, 4.69) is 15.9 Å². The molecular formula is C8H2BrClF3NO3. The minimum atomic E-state index is -4.90. The van der Waals surface area contributed by atoms with Crippen LogP contribution in [0.25, 0.3) is 0 Å². The molecule has 0 amide bonds. The van der Waals surface area contributed by atoms with Crippen molar-refractivity contribution in [2.24, 2.45) is 0 Å². The number of rotatable bonds is 2. The molecule has 0 saturated carbocycles. The van der Waals surface area contributed by atoms with E-state index < -0.39 is 33.2 Å². The third kappa shape index (κ3) is 2.75. The Morgan fingerprint density at radius 1 is 1.41 bits per heavy atom. The molecule has 0 N–H and O–H groups in total. The molecule has 0 aliphatic rings. The molecule has 0 fully saturated rings. The second kappa shape index (κ2) is 4.61. The van der Waals surface area contributed by atoms with E-state index in [9.17, 15) is 28.1 Å². The van der Waals surface area contributed by atoms with Crippen LogP contribution >= 0.6 is 27.5 Å². The van der Waals surface area contributed by atoms with Gasteiger partial charge in [0.15, 0.2) is 0 Å². The first kappa shape index (κ1) is 13.9. The van der Waals surface area contributed by atoms with Crippen molar-refractivity contribution in [3.63, 3.8) is 0 Å². The maximum atomic E-state index is 12.5. The van der Waals surface area contributed by atoms with E-state index in [0.717, 1.165) is 6.07 Å². The summed E-state index contributed by atoms with van der Waals surface area (Å²) in [4.78, 5) is 20.5. The van der Waals surface area contributed by atoms with Crippen LogP contribution in [0.2, 0.25) is 0 Å². The molecule has 0 aromatic heterocycles. The number of halogens is 5. The van der Waals surface area contributed by atoms with Crippen LogP contribution in [0, 0.1) is 10.1 Å². The van der Waals surface area contributed by atoms with Crippen LogP contribution < -0.4 is 0 Å². The van der Waals surface area contributed by atoms with Crippen molar-refractivity contribution < 1.29 is 22.9 Å². The fraction of sp³-hybridized carbons (Fsp3) is 0.125. The van der Waals surface area contributed by atoms with Gasteiger partial charge in [0.2, 0.25) is 0 Å². The molecule has 92 valence electrons. The van der Waals surface area contributed by atoms with Crippen LogP contribution in [-0.4, -0.2) is 10.2 Å². The standard InChI is InChI=1S/C8H2BrClF3NO3/c9-4-2-1-3(8(11,12)13)5(7(10)15)6(4)14(16)17/h1-2H. The van der Waals surface area contributed by atoms with Gasteiger partial charge in [0.1, 0.15) is 5.56 Å². The first-order valence-corrected chi connectivity index (χ1v) is 5.07. The van der Waals surface area contributed by atoms with Crippen molar-refractivity contribution in [3.8, 4) is 0 Å². The molecule has 0 unspecified atom stereocenters. The highest BCUT2D eigenvalue weighted by Gasteiger charge is 2.40. The van der Waals surface area contributed by atoms with Crippen molar-refractivity contribution in [2.45, 2.75) is 6.18 Å². The zero-order valence-corrected chi connectivity index (χ0v) is 10.1. The van der Waals surface area contributed by atoms with Crippen LogP contribution in [0.15, 0.2) is 16.6 Å². The van der Waals surface area contributed by atoms with Gasteiger partial charge >= 0.3 is 6.18 Å². The SMILES string of the molecule is O=C(Cl)c1c(C(F)(F)F)ccc(Br)c1[N+](=O)[O-]. The maximum absolute atomic E-state index is 12.5. The highest BCUT2D eigenvalue weighted by Crippen LogP contribution is 2.40. The van der Waals surface area contributed by atoms with Crippen molar-refractivity contribution in [1.29, 1.82) is 0 Å². The molecular weight excluding hydrogens is 330 g/mol. The number of hydrogen-bond acceptors (Lipinski definition) is 3. The van der Waals surface area contributed by atoms with Gasteiger partial charge in [0.05, 0.1) is 15.0 Å². The zero-order chi connectivity index (χ0) is 13.4. The number of nitro groups is 1. The van der Waals surface area contributed by atoms with Gasteiger partial charge in [-0.15, -0.1) is 0 Å². The van der Waals surface area contributed by atoms with Gasteiger partial charge in [0, 0.05) is 0 Å². The Kier molecular flexibility index (Phi) is 3.78. The number of carbonyl (C=O) groups excluding carboxylic acids is 1. The fourth-order valence-corrected chi connectivity index (χ4v) is 1.85. The van der Waals surface area contributed by atoms with Gasteiger partial charge < -0.3 is 0 Å². The van der Waals surface area contributed by atoms with Gasteiger partial charge in [-0.1, -0.05) is 0 Å². The Morgan fingerprint density at radius 3 is 2.29 bits per heavy atom. The van der Waals surface area contributed by atoms with Crippen LogP contribution in [0.4, 0.5) is 18.9 Å². The summed E-state index contributed by atoms with van der Waals surface area (Å²) in [5, 5.41) is 9.09. The molecule has 1 aromatic carbocycles. The summed E-state index contributed by atoms with van der Waals surface area (Å²) >= 11 is 7.67. The van der Waals surface area contributed by atoms with Gasteiger partial charge in [0.25, 0.3) is 10.9 Å². The summed E-state index contributed by atoms with van der Waals surface area (Å²) in [5.41, 5.74) is -3.61. The van der Waals surface area contributed by atoms with E-state index in [0.29, 0.717) is 6.07 Å². The minimum absolute atomic E-state index is 0.250. The molecule has 0 heterocycles. The Bertz CT molecular complexity index is 504. The lowest BCUT2D eigenvalue weighted by Gasteiger charge is -2.10. The third-order valence-electron chi connectivity index (χ3n) is 1.81. The molecule has 17 heavy (non-hydrogen) atoms. The van der Waals surface area contributed by atoms with E-state index in [4.69, 9.17) is 11.6 Å². The Hall–Kier alpha value is -1.15. The first-order valence-electron chi connectivity index (χ1n) is 3.90. The van der Waals surface area contributed by atoms with E-state index in [1.807, 2.05) is 0 Å². The summed E-state index contributed by atoms with van der Waals surface area (Å²) in [6, 6.07) is 1.39. The number of benzene rings is 1. The number of hydrogen-bond donors (Lipinski definition) is 0. The average molecular weight is 332 g/mol. The molecule has 0 bridgehead atoms. The zero-order valence-electron chi connectivity index (χ0n) is 7.72. The Labute approximate surface area is 106 Å². The van der Waals surface area contributed by atoms with Gasteiger partial charge in [-0.25, -0.2) is 0 Å². The quantitative estimate of drug-likeness (QED) is 0.471. The van der Waals surface area contributed by atoms with E-state index in [-0.39, 0.29) is 4.47 Å². The monoisotopic (exact) mass is 331 g/mol. The predicted molar refractivity (Wildman–Crippen MR) is 56.0 cm³/mol. The summed E-state index contributed by atoms with van der Waals surface area (Å²) in [7, 11) is 0. The van der Waals surface area contributed by atoms with Crippen LogP contribution in [-0.2, 0) is 6.18 Å². The molecule has 0 spiro atoms. The van der Waals surface area contributed by atoms with Crippen molar-refractivity contribution >= 4 is 38.5 Å². The van der Waals surface area contributed by atoms with E-state index in [1.165, 1.54) is 0 Å². The van der Waals surface area contributed by atoms with Gasteiger partial charge in [-0.2, -0.15) is 13.2 Å². The summed E-state index contributed by atoms with van der Waals surface area (Å²) in [6.45, 7) is 0. The summed E-state index contributed by atoms with van der Waals surface area (Å²) < 4.78 is 37.4. The average Bonchev–Trinajstić information content (AvgIpc) is 2.14. The molecule has 0 aliphatic heterocycles. The van der Waals surface area contributed by atoms with Crippen LogP contribution in [0.1, 0.15) is 15.9 Å². The lowest BCUT2D eigenvalue weighted by Crippen LogP contribution is -2.13. The normalized spacial score (nSPS) is 11.4. The van der Waals surface area contributed by atoms with E-state index in [1.54, 1.807) is 0 Å². The van der Waals surface area contributed by atoms with Gasteiger partial charge in [-0.3, -0.25) is 14.9 Å². The Balaban J connectivity index is 3.72. The lowest BCUT2D eigenvalue weighted by atomic mass is 10.1. The molecule has 0 saturated heterocycles. The molecule has 1 rings (SSSR count). The van der Waals surface area contributed by atoms with Crippen molar-refractivity contribution in [1.82, 2.24) is 0 Å². The smallest absolute Gasteiger partial charge is 0.275 e. The molecule has 1 aromatic rings. The van der Waals surface area contributed by atoms with Gasteiger partial charge in [-0.05, 0) is 39.7 Å².